The van der Waals surface area contributed by atoms with E-state index in [9.17, 15) is 9.18 Å². The van der Waals surface area contributed by atoms with Crippen LogP contribution in [0.5, 0.6) is 0 Å². The molecular weight excluding hydrogens is 773 g/mol. The third-order valence-electron chi connectivity index (χ3n) is 10.4. The number of rotatable bonds is 10. The standard InChI is InChI=1S/C27H22ClN5O.C21H21FN4/c28-20-5-3-4-17(14-20)15-29-25-26-30-16-24(33(26)23-7-2-1-6-22(23)32-25)18-8-10-19(11-9-18)27(34)31-21-12-13-21;1-13(2)11-23-20-21-24-12-19(15-9-8-14(3)10-16(15)22)26(21)18-7-5-4-6-17(18)25-20/h1-11,14,16,21H,12-13,15H2,(H,29,32)(H,31,34);4-10,12-13H,11H2,1-3H3,(H,23,25). The third kappa shape index (κ3) is 7.96. The van der Waals surface area contributed by atoms with E-state index in [1.807, 2.05) is 127 Å². The highest BCUT2D eigenvalue weighted by atomic mass is 35.5. The van der Waals surface area contributed by atoms with Gasteiger partial charge in [-0.2, -0.15) is 0 Å². The average molecular weight is 816 g/mol. The molecule has 10 nitrogen and oxygen atoms in total. The highest BCUT2D eigenvalue weighted by Gasteiger charge is 2.24. The molecule has 0 spiro atoms. The molecule has 3 N–H and O–H groups in total. The summed E-state index contributed by atoms with van der Waals surface area (Å²) in [6.45, 7) is 7.54. The van der Waals surface area contributed by atoms with Gasteiger partial charge in [0.2, 0.25) is 0 Å². The maximum Gasteiger partial charge on any atom is 0.251 e. The summed E-state index contributed by atoms with van der Waals surface area (Å²) in [6.07, 6.45) is 5.71. The van der Waals surface area contributed by atoms with E-state index < -0.39 is 0 Å². The van der Waals surface area contributed by atoms with Crippen LogP contribution in [0.25, 0.3) is 55.9 Å². The number of nitrogens with one attached hydrogen (secondary N) is 3. The number of aromatic nitrogens is 6. The molecule has 4 aromatic heterocycles. The maximum absolute atomic E-state index is 14.6. The predicted molar refractivity (Wildman–Crippen MR) is 239 cm³/mol. The second kappa shape index (κ2) is 16.4. The smallest absolute Gasteiger partial charge is 0.251 e. The van der Waals surface area contributed by atoms with Gasteiger partial charge in [-0.15, -0.1) is 0 Å². The molecule has 1 aliphatic rings. The summed E-state index contributed by atoms with van der Waals surface area (Å²) in [5.41, 5.74) is 10.8. The van der Waals surface area contributed by atoms with E-state index in [2.05, 4.69) is 39.2 Å². The summed E-state index contributed by atoms with van der Waals surface area (Å²) >= 11 is 6.14. The lowest BCUT2D eigenvalue weighted by Crippen LogP contribution is -2.25. The van der Waals surface area contributed by atoms with Crippen molar-refractivity contribution in [3.05, 3.63) is 155 Å². The molecule has 0 radical (unpaired) electrons. The van der Waals surface area contributed by atoms with Crippen LogP contribution in [-0.2, 0) is 6.54 Å². The van der Waals surface area contributed by atoms with Crippen LogP contribution in [0.1, 0.15) is 48.2 Å². The number of anilines is 2. The summed E-state index contributed by atoms with van der Waals surface area (Å²) in [6, 6.07) is 36.9. The first-order valence-corrected chi connectivity index (χ1v) is 20.5. The Morgan fingerprint density at radius 3 is 2.03 bits per heavy atom. The highest BCUT2D eigenvalue weighted by molar-refractivity contribution is 6.30. The van der Waals surface area contributed by atoms with E-state index in [0.717, 1.165) is 81.0 Å². The van der Waals surface area contributed by atoms with Gasteiger partial charge >= 0.3 is 0 Å². The van der Waals surface area contributed by atoms with E-state index in [1.54, 1.807) is 12.3 Å². The van der Waals surface area contributed by atoms with Crippen molar-refractivity contribution in [3.8, 4) is 22.5 Å². The molecule has 1 fully saturated rings. The molecule has 60 heavy (non-hydrogen) atoms. The normalized spacial score (nSPS) is 12.6. The minimum absolute atomic E-state index is 0.0191. The second-order valence-corrected chi connectivity index (χ2v) is 16.0. The van der Waals surface area contributed by atoms with Crippen molar-refractivity contribution in [2.24, 2.45) is 5.92 Å². The molecule has 0 aliphatic heterocycles. The fourth-order valence-electron chi connectivity index (χ4n) is 7.24. The zero-order valence-corrected chi connectivity index (χ0v) is 34.2. The number of hydrogen-bond donors (Lipinski definition) is 3. The first-order valence-electron chi connectivity index (χ1n) is 20.1. The van der Waals surface area contributed by atoms with Crippen molar-refractivity contribution in [3.63, 3.8) is 0 Å². The van der Waals surface area contributed by atoms with Gasteiger partial charge in [0.1, 0.15) is 5.82 Å². The number of halogens is 2. The summed E-state index contributed by atoms with van der Waals surface area (Å²) in [4.78, 5) is 31.2. The molecule has 0 atom stereocenters. The fourth-order valence-corrected chi connectivity index (χ4v) is 7.46. The number of carbonyl (C=O) groups excluding carboxylic acids is 1. The predicted octanol–water partition coefficient (Wildman–Crippen LogP) is 10.8. The molecular formula is C48H43ClFN9O. The zero-order chi connectivity index (χ0) is 41.3. The summed E-state index contributed by atoms with van der Waals surface area (Å²) in [7, 11) is 0. The molecule has 9 aromatic rings. The molecule has 1 amide bonds. The molecule has 0 unspecified atom stereocenters. The average Bonchev–Trinajstić information content (AvgIpc) is 3.77. The van der Waals surface area contributed by atoms with Crippen molar-refractivity contribution in [2.45, 2.75) is 46.2 Å². The number of aryl methyl sites for hydroxylation is 1. The van der Waals surface area contributed by atoms with Gasteiger partial charge in [0.15, 0.2) is 22.9 Å². The number of nitrogens with zero attached hydrogens (tertiary/aromatic N) is 6. The minimum Gasteiger partial charge on any atom is -0.367 e. The SMILES string of the molecule is Cc1ccc(-c2cnc3c(NCC(C)C)nc4ccccc4n23)c(F)c1.O=C(NC1CC1)c1ccc(-c2cnc3c(NCc4cccc(Cl)c4)nc4ccccc4n23)cc1. The van der Waals surface area contributed by atoms with Crippen LogP contribution < -0.4 is 16.0 Å². The van der Waals surface area contributed by atoms with E-state index in [1.165, 1.54) is 0 Å². The summed E-state index contributed by atoms with van der Waals surface area (Å²) in [5, 5.41) is 10.5. The van der Waals surface area contributed by atoms with E-state index in [-0.39, 0.29) is 11.7 Å². The Bertz CT molecular complexity index is 3030. The lowest BCUT2D eigenvalue weighted by atomic mass is 10.1. The second-order valence-electron chi connectivity index (χ2n) is 15.6. The van der Waals surface area contributed by atoms with Crippen LogP contribution in [0.3, 0.4) is 0 Å². The molecule has 1 aliphatic carbocycles. The summed E-state index contributed by atoms with van der Waals surface area (Å²) in [5.74, 6) is 1.63. The van der Waals surface area contributed by atoms with Crippen molar-refractivity contribution >= 4 is 62.5 Å². The fraction of sp³-hybridized carbons (Fsp3) is 0.188. The number of carbonyl (C=O) groups is 1. The molecule has 0 saturated heterocycles. The van der Waals surface area contributed by atoms with Gasteiger partial charge in [-0.05, 0) is 97.5 Å². The Morgan fingerprint density at radius 1 is 0.767 bits per heavy atom. The Kier molecular flexibility index (Phi) is 10.6. The molecule has 5 aromatic carbocycles. The van der Waals surface area contributed by atoms with Crippen molar-refractivity contribution in [1.29, 1.82) is 0 Å². The number of fused-ring (bicyclic) bond motifs is 6. The zero-order valence-electron chi connectivity index (χ0n) is 33.5. The number of imidazole rings is 2. The van der Waals surface area contributed by atoms with Crippen LogP contribution in [0.2, 0.25) is 5.02 Å². The van der Waals surface area contributed by atoms with Crippen LogP contribution in [0.4, 0.5) is 16.0 Å². The lowest BCUT2D eigenvalue weighted by Gasteiger charge is -2.13. The highest BCUT2D eigenvalue weighted by Crippen LogP contribution is 2.32. The van der Waals surface area contributed by atoms with Gasteiger partial charge < -0.3 is 16.0 Å². The van der Waals surface area contributed by atoms with Crippen LogP contribution in [0.15, 0.2) is 128 Å². The number of para-hydroxylation sites is 4. The van der Waals surface area contributed by atoms with Crippen LogP contribution in [0, 0.1) is 18.7 Å². The molecule has 0 bridgehead atoms. The van der Waals surface area contributed by atoms with Crippen molar-refractivity contribution in [1.82, 2.24) is 34.1 Å². The van der Waals surface area contributed by atoms with Gasteiger partial charge in [0.05, 0.1) is 45.8 Å². The topological polar surface area (TPSA) is 114 Å². The quantitative estimate of drug-likeness (QED) is 0.126. The monoisotopic (exact) mass is 815 g/mol. The lowest BCUT2D eigenvalue weighted by molar-refractivity contribution is 0.0951. The molecule has 12 heteroatoms. The Labute approximate surface area is 351 Å². The molecule has 300 valence electrons. The van der Waals surface area contributed by atoms with Gasteiger partial charge in [0.25, 0.3) is 5.91 Å². The molecule has 10 rings (SSSR count). The third-order valence-corrected chi connectivity index (χ3v) is 10.7. The largest absolute Gasteiger partial charge is 0.367 e. The van der Waals surface area contributed by atoms with Crippen LogP contribution >= 0.6 is 11.6 Å². The maximum atomic E-state index is 14.6. The first kappa shape index (κ1) is 38.7. The number of benzene rings is 5. The van der Waals surface area contributed by atoms with E-state index in [0.29, 0.717) is 46.1 Å². The minimum atomic E-state index is -0.246. The van der Waals surface area contributed by atoms with Gasteiger partial charge in [-0.25, -0.2) is 24.3 Å². The Hall–Kier alpha value is -6.85. The number of amides is 1. The van der Waals surface area contributed by atoms with Crippen molar-refractivity contribution in [2.75, 3.05) is 17.2 Å². The van der Waals surface area contributed by atoms with E-state index >= 15 is 0 Å². The van der Waals surface area contributed by atoms with Gasteiger partial charge in [-0.1, -0.05) is 80.0 Å². The molecule has 1 saturated carbocycles. The Morgan fingerprint density at radius 2 is 1.40 bits per heavy atom. The van der Waals surface area contributed by atoms with E-state index in [4.69, 9.17) is 26.6 Å². The number of hydrogen-bond acceptors (Lipinski definition) is 7. The summed E-state index contributed by atoms with van der Waals surface area (Å²) < 4.78 is 18.7. The van der Waals surface area contributed by atoms with Crippen molar-refractivity contribution < 1.29 is 9.18 Å². The van der Waals surface area contributed by atoms with Gasteiger partial charge in [-0.3, -0.25) is 13.6 Å². The van der Waals surface area contributed by atoms with Crippen LogP contribution in [-0.4, -0.2) is 47.2 Å². The Balaban J connectivity index is 0.000000160. The molecule has 4 heterocycles. The van der Waals surface area contributed by atoms with Gasteiger partial charge in [0, 0.05) is 40.8 Å². The first-order chi connectivity index (χ1) is 29.2.